The average molecular weight is 554 g/mol. The maximum Gasteiger partial charge on any atom is 0.351 e. The van der Waals surface area contributed by atoms with Crippen molar-refractivity contribution in [2.45, 2.75) is 32.4 Å². The Labute approximate surface area is 228 Å². The molecule has 210 valence electrons. The normalized spacial score (nSPS) is 21.9. The summed E-state index contributed by atoms with van der Waals surface area (Å²) in [5.74, 6) is -2.65. The lowest BCUT2D eigenvalue weighted by Crippen LogP contribution is -2.57. The minimum atomic E-state index is -0.980. The lowest BCUT2D eigenvalue weighted by Gasteiger charge is -2.41. The molecule has 10 nitrogen and oxygen atoms in total. The van der Waals surface area contributed by atoms with Crippen LogP contribution in [0.4, 0.5) is 14.6 Å². The maximum absolute atomic E-state index is 16.3. The summed E-state index contributed by atoms with van der Waals surface area (Å²) >= 11 is 0. The van der Waals surface area contributed by atoms with E-state index in [9.17, 15) is 14.7 Å². The van der Waals surface area contributed by atoms with E-state index in [0.29, 0.717) is 32.7 Å². The van der Waals surface area contributed by atoms with Crippen LogP contribution in [0.2, 0.25) is 0 Å². The molecule has 12 heteroatoms. The zero-order valence-corrected chi connectivity index (χ0v) is 22.2. The Morgan fingerprint density at radius 3 is 2.77 bits per heavy atom. The van der Waals surface area contributed by atoms with Gasteiger partial charge in [-0.25, -0.2) is 18.6 Å². The maximum atomic E-state index is 16.3. The first kappa shape index (κ1) is 26.2. The first-order chi connectivity index (χ1) is 19.1. The highest BCUT2D eigenvalue weighted by Gasteiger charge is 2.41. The van der Waals surface area contributed by atoms with Crippen molar-refractivity contribution in [2.24, 2.45) is 5.41 Å². The highest BCUT2D eigenvalue weighted by Crippen LogP contribution is 2.45. The predicted molar refractivity (Wildman–Crippen MR) is 142 cm³/mol. The number of carbonyl (C=O) groups is 1. The molecule has 1 amide bonds. The van der Waals surface area contributed by atoms with Gasteiger partial charge in [0.25, 0.3) is 0 Å². The van der Waals surface area contributed by atoms with Crippen LogP contribution in [0, 0.1) is 17.0 Å². The van der Waals surface area contributed by atoms with Gasteiger partial charge in [-0.05, 0) is 24.6 Å². The number of anilines is 1. The fourth-order valence-electron chi connectivity index (χ4n) is 6.01. The summed E-state index contributed by atoms with van der Waals surface area (Å²) in [5, 5.41) is 10.7. The Morgan fingerprint density at radius 2 is 2.05 bits per heavy atom. The van der Waals surface area contributed by atoms with Crippen molar-refractivity contribution < 1.29 is 28.2 Å². The van der Waals surface area contributed by atoms with Crippen molar-refractivity contribution >= 4 is 22.8 Å². The molecule has 3 aromatic rings. The molecule has 2 atom stereocenters. The quantitative estimate of drug-likeness (QED) is 0.493. The van der Waals surface area contributed by atoms with Crippen molar-refractivity contribution in [1.82, 2.24) is 19.4 Å². The van der Waals surface area contributed by atoms with E-state index in [4.69, 9.17) is 9.47 Å². The van der Waals surface area contributed by atoms with Crippen LogP contribution in [-0.2, 0) is 9.53 Å². The van der Waals surface area contributed by atoms with Gasteiger partial charge < -0.3 is 24.4 Å². The molecule has 3 aliphatic heterocycles. The smallest absolute Gasteiger partial charge is 0.351 e. The minimum absolute atomic E-state index is 0.0348. The highest BCUT2D eigenvalue weighted by atomic mass is 19.1. The molecule has 2 fully saturated rings. The number of aromatic hydroxyl groups is 1. The molecule has 2 saturated heterocycles. The second-order valence-electron chi connectivity index (χ2n) is 11.0. The monoisotopic (exact) mass is 553 g/mol. The third kappa shape index (κ3) is 4.00. The molecule has 0 bridgehead atoms. The summed E-state index contributed by atoms with van der Waals surface area (Å²) in [6.45, 7) is 9.11. The molecule has 2 aromatic heterocycles. The van der Waals surface area contributed by atoms with Gasteiger partial charge in [-0.2, -0.15) is 4.98 Å². The topological polar surface area (TPSA) is 110 Å². The summed E-state index contributed by atoms with van der Waals surface area (Å²) < 4.78 is 44.5. The van der Waals surface area contributed by atoms with Gasteiger partial charge in [0.05, 0.1) is 18.2 Å². The zero-order chi connectivity index (χ0) is 28.3. The Kier molecular flexibility index (Phi) is 6.25. The summed E-state index contributed by atoms with van der Waals surface area (Å²) in [6.07, 6.45) is 1.70. The molecule has 0 unspecified atom stereocenters. The molecule has 1 N–H and O–H groups in total. The SMILES string of the molecule is C=CC(=O)N1CCN2c3nc(=O)n([C@@H]4CCOCC4(C)C)c4nc(-c5c(O)cccc5F)c(F)c(c34)OC[C@H]2C1. The minimum Gasteiger partial charge on any atom is -0.507 e. The van der Waals surface area contributed by atoms with Gasteiger partial charge in [0.1, 0.15) is 35.1 Å². The van der Waals surface area contributed by atoms with Crippen LogP contribution in [-0.4, -0.2) is 75.9 Å². The molecule has 1 aromatic carbocycles. The standard InChI is InChI=1S/C28H29F2N5O5/c1-4-19(37)33-9-10-34-15(12-33)13-40-24-21-25(34)32-27(38)35(18-8-11-39-14-28(18,2)3)26(21)31-23(22(24)30)20-16(29)6-5-7-17(20)36/h4-7,15,18,36H,1,8-14H2,2-3H3/t15-,18-/m1/s1. The zero-order valence-electron chi connectivity index (χ0n) is 22.2. The molecule has 0 spiro atoms. The van der Waals surface area contributed by atoms with E-state index in [0.717, 1.165) is 6.07 Å². The number of rotatable bonds is 3. The van der Waals surface area contributed by atoms with Crippen LogP contribution < -0.4 is 15.3 Å². The molecular formula is C28H29F2N5O5. The first-order valence-corrected chi connectivity index (χ1v) is 13.1. The molecule has 40 heavy (non-hydrogen) atoms. The lowest BCUT2D eigenvalue weighted by molar-refractivity contribution is -0.126. The molecule has 0 radical (unpaired) electrons. The van der Waals surface area contributed by atoms with Gasteiger partial charge in [-0.3, -0.25) is 9.36 Å². The second-order valence-corrected chi connectivity index (χ2v) is 11.0. The van der Waals surface area contributed by atoms with E-state index >= 15 is 8.78 Å². The van der Waals surface area contributed by atoms with Gasteiger partial charge in [0.2, 0.25) is 5.91 Å². The number of nitrogens with zero attached hydrogens (tertiary/aromatic N) is 5. The van der Waals surface area contributed by atoms with Gasteiger partial charge in [0.15, 0.2) is 17.2 Å². The van der Waals surface area contributed by atoms with Crippen molar-refractivity contribution in [2.75, 3.05) is 44.4 Å². The van der Waals surface area contributed by atoms with Crippen LogP contribution in [0.1, 0.15) is 26.3 Å². The average Bonchev–Trinajstić information content (AvgIpc) is 3.08. The number of amides is 1. The molecular weight excluding hydrogens is 524 g/mol. The van der Waals surface area contributed by atoms with Crippen molar-refractivity contribution in [1.29, 1.82) is 0 Å². The van der Waals surface area contributed by atoms with Gasteiger partial charge in [0, 0.05) is 37.7 Å². The molecule has 6 rings (SSSR count). The van der Waals surface area contributed by atoms with Crippen LogP contribution >= 0.6 is 0 Å². The van der Waals surface area contributed by atoms with E-state index in [1.54, 1.807) is 4.90 Å². The first-order valence-electron chi connectivity index (χ1n) is 13.1. The van der Waals surface area contributed by atoms with E-state index in [2.05, 4.69) is 16.5 Å². The molecule has 0 saturated carbocycles. The molecule has 5 heterocycles. The van der Waals surface area contributed by atoms with Crippen LogP contribution in [0.25, 0.3) is 22.3 Å². The summed E-state index contributed by atoms with van der Waals surface area (Å²) in [4.78, 5) is 38.6. The Balaban J connectivity index is 1.65. The van der Waals surface area contributed by atoms with Crippen LogP contribution in [0.15, 0.2) is 35.6 Å². The van der Waals surface area contributed by atoms with E-state index in [-0.39, 0.29) is 41.7 Å². The Bertz CT molecular complexity index is 1590. The number of carbonyl (C=O) groups excluding carboxylic acids is 1. The number of pyridine rings is 1. The fourth-order valence-corrected chi connectivity index (χ4v) is 6.01. The third-order valence-electron chi connectivity index (χ3n) is 8.05. The predicted octanol–water partition coefficient (Wildman–Crippen LogP) is 3.03. The number of phenolic OH excluding ortho intramolecular Hbond substituents is 1. The number of phenols is 1. The number of hydrogen-bond donors (Lipinski definition) is 1. The van der Waals surface area contributed by atoms with Crippen LogP contribution in [0.5, 0.6) is 11.5 Å². The summed E-state index contributed by atoms with van der Waals surface area (Å²) in [5.41, 5.74) is -1.93. The Morgan fingerprint density at radius 1 is 1.25 bits per heavy atom. The number of halogens is 2. The fraction of sp³-hybridized carbons (Fsp3) is 0.429. The van der Waals surface area contributed by atoms with Crippen molar-refractivity contribution in [3.8, 4) is 22.8 Å². The lowest BCUT2D eigenvalue weighted by atomic mass is 9.81. The highest BCUT2D eigenvalue weighted by molar-refractivity contribution is 5.96. The number of piperazine rings is 1. The Hall–Kier alpha value is -4.06. The van der Waals surface area contributed by atoms with E-state index in [1.807, 2.05) is 18.7 Å². The number of aromatic nitrogens is 3. The summed E-state index contributed by atoms with van der Waals surface area (Å²) in [7, 11) is 0. The largest absolute Gasteiger partial charge is 0.507 e. The van der Waals surface area contributed by atoms with Crippen LogP contribution in [0.3, 0.4) is 0 Å². The molecule has 0 aliphatic carbocycles. The van der Waals surface area contributed by atoms with Gasteiger partial charge in [-0.1, -0.05) is 26.5 Å². The van der Waals surface area contributed by atoms with E-state index < -0.39 is 51.8 Å². The molecule has 3 aliphatic rings. The van der Waals surface area contributed by atoms with Gasteiger partial charge in [-0.15, -0.1) is 0 Å². The second kappa shape index (κ2) is 9.54. The van der Waals surface area contributed by atoms with Crippen molar-refractivity contribution in [3.05, 3.63) is 53.0 Å². The number of benzene rings is 1. The third-order valence-corrected chi connectivity index (χ3v) is 8.05. The number of hydrogen-bond acceptors (Lipinski definition) is 8. The van der Waals surface area contributed by atoms with Crippen molar-refractivity contribution in [3.63, 3.8) is 0 Å². The van der Waals surface area contributed by atoms with E-state index in [1.165, 1.54) is 22.8 Å². The van der Waals surface area contributed by atoms with Gasteiger partial charge >= 0.3 is 5.69 Å². The summed E-state index contributed by atoms with van der Waals surface area (Å²) in [6, 6.07) is 2.78. The number of ether oxygens (including phenoxy) is 2. The number of fused-ring (bicyclic) bond motifs is 2.